The van der Waals surface area contributed by atoms with Crippen LogP contribution < -0.4 is 0 Å². The van der Waals surface area contributed by atoms with Crippen molar-refractivity contribution >= 4 is 27.5 Å². The molecule has 2 heterocycles. The lowest BCUT2D eigenvalue weighted by Gasteiger charge is -2.34. The number of para-hydroxylation sites is 1. The standard InChI is InChI=1S/C20H21N3O2S/c24-20(25)16-7-5-15(6-8-16)13-22-9-11-23(12-10-22)14-19-21-17-3-1-2-4-18(17)26-19/h1-8H,9-14H2,(H,24,25). The first-order valence-electron chi connectivity index (χ1n) is 8.79. The van der Waals surface area contributed by atoms with Crippen LogP contribution in [0.4, 0.5) is 0 Å². The molecule has 1 aliphatic rings. The number of fused-ring (bicyclic) bond motifs is 1. The van der Waals surface area contributed by atoms with Gasteiger partial charge in [-0.05, 0) is 29.8 Å². The zero-order valence-electron chi connectivity index (χ0n) is 14.5. The minimum absolute atomic E-state index is 0.342. The van der Waals surface area contributed by atoms with Gasteiger partial charge in [0.05, 0.1) is 22.3 Å². The normalized spacial score (nSPS) is 16.2. The fourth-order valence-corrected chi connectivity index (χ4v) is 4.31. The largest absolute Gasteiger partial charge is 0.478 e. The molecular weight excluding hydrogens is 346 g/mol. The van der Waals surface area contributed by atoms with E-state index in [9.17, 15) is 4.79 Å². The number of thiazole rings is 1. The molecule has 0 saturated carbocycles. The molecule has 6 heteroatoms. The van der Waals surface area contributed by atoms with Crippen molar-refractivity contribution in [1.29, 1.82) is 0 Å². The first-order valence-corrected chi connectivity index (χ1v) is 9.60. The third kappa shape index (κ3) is 3.93. The second-order valence-corrected chi connectivity index (χ2v) is 7.74. The SMILES string of the molecule is O=C(O)c1ccc(CN2CCN(Cc3nc4ccccc4s3)CC2)cc1. The van der Waals surface area contributed by atoms with Gasteiger partial charge in [-0.2, -0.15) is 0 Å². The molecular formula is C20H21N3O2S. The molecule has 0 amide bonds. The minimum atomic E-state index is -0.875. The van der Waals surface area contributed by atoms with E-state index in [0.29, 0.717) is 5.56 Å². The minimum Gasteiger partial charge on any atom is -0.478 e. The van der Waals surface area contributed by atoms with Crippen molar-refractivity contribution in [3.8, 4) is 0 Å². The van der Waals surface area contributed by atoms with Crippen molar-refractivity contribution in [2.75, 3.05) is 26.2 Å². The molecule has 0 aliphatic carbocycles. The Labute approximate surface area is 156 Å². The maximum atomic E-state index is 10.9. The Morgan fingerprint density at radius 1 is 0.962 bits per heavy atom. The summed E-state index contributed by atoms with van der Waals surface area (Å²) >= 11 is 1.78. The molecule has 0 radical (unpaired) electrons. The summed E-state index contributed by atoms with van der Waals surface area (Å²) in [5.41, 5.74) is 2.60. The predicted octanol–water partition coefficient (Wildman–Crippen LogP) is 3.31. The topological polar surface area (TPSA) is 56.7 Å². The number of carbonyl (C=O) groups is 1. The van der Waals surface area contributed by atoms with Gasteiger partial charge in [0.25, 0.3) is 0 Å². The number of carboxylic acid groups (broad SMARTS) is 1. The highest BCUT2D eigenvalue weighted by Crippen LogP contribution is 2.23. The Morgan fingerprint density at radius 3 is 2.27 bits per heavy atom. The fraction of sp³-hybridized carbons (Fsp3) is 0.300. The molecule has 1 fully saturated rings. The van der Waals surface area contributed by atoms with E-state index in [-0.39, 0.29) is 0 Å². The smallest absolute Gasteiger partial charge is 0.335 e. The van der Waals surface area contributed by atoms with Gasteiger partial charge in [-0.15, -0.1) is 11.3 Å². The second-order valence-electron chi connectivity index (χ2n) is 6.63. The molecule has 0 unspecified atom stereocenters. The van der Waals surface area contributed by atoms with E-state index in [4.69, 9.17) is 10.1 Å². The molecule has 5 nitrogen and oxygen atoms in total. The average molecular weight is 367 g/mol. The predicted molar refractivity (Wildman–Crippen MR) is 104 cm³/mol. The summed E-state index contributed by atoms with van der Waals surface area (Å²) < 4.78 is 1.26. The summed E-state index contributed by atoms with van der Waals surface area (Å²) in [5.74, 6) is -0.875. The van der Waals surface area contributed by atoms with Gasteiger partial charge < -0.3 is 5.11 Å². The zero-order valence-corrected chi connectivity index (χ0v) is 15.3. The van der Waals surface area contributed by atoms with Crippen molar-refractivity contribution < 1.29 is 9.90 Å². The lowest BCUT2D eigenvalue weighted by Crippen LogP contribution is -2.45. The number of rotatable bonds is 5. The quantitative estimate of drug-likeness (QED) is 0.750. The van der Waals surface area contributed by atoms with Crippen LogP contribution in [0.2, 0.25) is 0 Å². The van der Waals surface area contributed by atoms with Gasteiger partial charge >= 0.3 is 5.97 Å². The van der Waals surface area contributed by atoms with Gasteiger partial charge in [0.1, 0.15) is 5.01 Å². The summed E-state index contributed by atoms with van der Waals surface area (Å²) in [7, 11) is 0. The number of aromatic nitrogens is 1. The Morgan fingerprint density at radius 2 is 1.62 bits per heavy atom. The highest BCUT2D eigenvalue weighted by Gasteiger charge is 2.18. The van der Waals surface area contributed by atoms with Gasteiger partial charge in [-0.25, -0.2) is 9.78 Å². The Hall–Kier alpha value is -2.28. The van der Waals surface area contributed by atoms with Crippen molar-refractivity contribution in [3.63, 3.8) is 0 Å². The number of benzene rings is 2. The van der Waals surface area contributed by atoms with Gasteiger partial charge in [0.2, 0.25) is 0 Å². The van der Waals surface area contributed by atoms with E-state index in [1.807, 2.05) is 18.2 Å². The van der Waals surface area contributed by atoms with E-state index in [0.717, 1.165) is 50.3 Å². The number of piperazine rings is 1. The van der Waals surface area contributed by atoms with Crippen LogP contribution >= 0.6 is 11.3 Å². The number of carboxylic acids is 1. The fourth-order valence-electron chi connectivity index (χ4n) is 3.30. The Bertz CT molecular complexity index is 866. The van der Waals surface area contributed by atoms with Crippen molar-refractivity contribution in [1.82, 2.24) is 14.8 Å². The van der Waals surface area contributed by atoms with Crippen LogP contribution in [0.15, 0.2) is 48.5 Å². The Kier molecular flexibility index (Phi) is 4.97. The number of hydrogen-bond donors (Lipinski definition) is 1. The Balaban J connectivity index is 1.30. The molecule has 3 aromatic rings. The molecule has 0 atom stereocenters. The van der Waals surface area contributed by atoms with E-state index in [1.165, 1.54) is 9.71 Å². The number of hydrogen-bond acceptors (Lipinski definition) is 5. The average Bonchev–Trinajstić information content (AvgIpc) is 3.06. The van der Waals surface area contributed by atoms with E-state index in [1.54, 1.807) is 23.5 Å². The highest BCUT2D eigenvalue weighted by atomic mass is 32.1. The zero-order chi connectivity index (χ0) is 17.9. The maximum absolute atomic E-state index is 10.9. The molecule has 26 heavy (non-hydrogen) atoms. The third-order valence-electron chi connectivity index (χ3n) is 4.77. The van der Waals surface area contributed by atoms with Gasteiger partial charge in [-0.1, -0.05) is 24.3 Å². The lowest BCUT2D eigenvalue weighted by molar-refractivity contribution is 0.0697. The van der Waals surface area contributed by atoms with Crippen LogP contribution in [0.1, 0.15) is 20.9 Å². The number of aromatic carboxylic acids is 1. The molecule has 1 N–H and O–H groups in total. The van der Waals surface area contributed by atoms with Gasteiger partial charge in [0.15, 0.2) is 0 Å². The van der Waals surface area contributed by atoms with Crippen LogP contribution in [0.3, 0.4) is 0 Å². The van der Waals surface area contributed by atoms with Crippen molar-refractivity contribution in [3.05, 3.63) is 64.7 Å². The summed E-state index contributed by atoms with van der Waals surface area (Å²) in [4.78, 5) is 20.5. The molecule has 1 aromatic heterocycles. The molecule has 0 spiro atoms. The number of nitrogens with zero attached hydrogens (tertiary/aromatic N) is 3. The van der Waals surface area contributed by atoms with E-state index >= 15 is 0 Å². The summed E-state index contributed by atoms with van der Waals surface area (Å²) in [6.07, 6.45) is 0. The second kappa shape index (κ2) is 7.53. The van der Waals surface area contributed by atoms with E-state index < -0.39 is 5.97 Å². The van der Waals surface area contributed by atoms with Crippen LogP contribution in [0.25, 0.3) is 10.2 Å². The summed E-state index contributed by atoms with van der Waals surface area (Å²) in [6.45, 7) is 5.89. The van der Waals surface area contributed by atoms with Crippen LogP contribution in [-0.4, -0.2) is 52.0 Å². The van der Waals surface area contributed by atoms with Crippen LogP contribution in [0.5, 0.6) is 0 Å². The lowest BCUT2D eigenvalue weighted by atomic mass is 10.1. The molecule has 0 bridgehead atoms. The monoisotopic (exact) mass is 367 g/mol. The summed E-state index contributed by atoms with van der Waals surface area (Å²) in [6, 6.07) is 15.5. The first kappa shape index (κ1) is 17.1. The third-order valence-corrected chi connectivity index (χ3v) is 5.79. The first-order chi connectivity index (χ1) is 12.7. The van der Waals surface area contributed by atoms with Gasteiger partial charge in [0, 0.05) is 32.7 Å². The van der Waals surface area contributed by atoms with Gasteiger partial charge in [-0.3, -0.25) is 9.80 Å². The highest BCUT2D eigenvalue weighted by molar-refractivity contribution is 7.18. The molecule has 2 aromatic carbocycles. The molecule has 1 saturated heterocycles. The van der Waals surface area contributed by atoms with E-state index in [2.05, 4.69) is 28.0 Å². The van der Waals surface area contributed by atoms with Crippen LogP contribution in [0, 0.1) is 0 Å². The molecule has 1 aliphatic heterocycles. The van der Waals surface area contributed by atoms with Crippen molar-refractivity contribution in [2.45, 2.75) is 13.1 Å². The maximum Gasteiger partial charge on any atom is 0.335 e. The summed E-state index contributed by atoms with van der Waals surface area (Å²) in [5, 5.41) is 10.2. The van der Waals surface area contributed by atoms with Crippen LogP contribution in [-0.2, 0) is 13.1 Å². The van der Waals surface area contributed by atoms with Crippen molar-refractivity contribution in [2.24, 2.45) is 0 Å². The molecule has 134 valence electrons. The molecule has 4 rings (SSSR count).